The van der Waals surface area contributed by atoms with E-state index in [-0.39, 0.29) is 35.8 Å². The second-order valence-electron chi connectivity index (χ2n) is 8.42. The number of anilines is 1. The molecule has 1 aromatic carbocycles. The van der Waals surface area contributed by atoms with Crippen molar-refractivity contribution < 1.29 is 9.59 Å². The van der Waals surface area contributed by atoms with Crippen molar-refractivity contribution in [1.29, 1.82) is 0 Å². The number of amides is 3. The fraction of sp³-hybridized carbons (Fsp3) is 0.619. The Morgan fingerprint density at radius 3 is 2.61 bits per heavy atom. The molecule has 0 spiro atoms. The maximum absolute atomic E-state index is 13.1. The van der Waals surface area contributed by atoms with Crippen LogP contribution in [0.1, 0.15) is 57.1 Å². The highest BCUT2D eigenvalue weighted by molar-refractivity contribution is 5.89. The average Bonchev–Trinajstić information content (AvgIpc) is 3.36. The number of benzene rings is 1. The first-order chi connectivity index (χ1) is 13.1. The Bertz CT molecular complexity index is 707. The van der Waals surface area contributed by atoms with E-state index in [1.54, 1.807) is 0 Å². The molecule has 2 aliphatic carbocycles. The van der Waals surface area contributed by atoms with Crippen LogP contribution in [0.15, 0.2) is 24.3 Å². The summed E-state index contributed by atoms with van der Waals surface area (Å²) in [6.07, 6.45) is 6.66. The fourth-order valence-electron chi connectivity index (χ4n) is 4.55. The van der Waals surface area contributed by atoms with Crippen molar-refractivity contribution in [2.75, 3.05) is 18.4 Å². The molecule has 0 bridgehead atoms. The van der Waals surface area contributed by atoms with Gasteiger partial charge < -0.3 is 21.3 Å². The summed E-state index contributed by atoms with van der Waals surface area (Å²) in [6, 6.07) is 7.87. The van der Waals surface area contributed by atoms with Crippen molar-refractivity contribution in [3.8, 4) is 0 Å². The lowest BCUT2D eigenvalue weighted by Crippen LogP contribution is -2.48. The molecule has 4 N–H and O–H groups in total. The third-order valence-corrected chi connectivity index (χ3v) is 6.42. The predicted octanol–water partition coefficient (Wildman–Crippen LogP) is 3.35. The summed E-state index contributed by atoms with van der Waals surface area (Å²) in [5, 5.41) is 12.4. The summed E-state index contributed by atoms with van der Waals surface area (Å²) in [4.78, 5) is 24.9. The molecule has 1 aliphatic heterocycles. The maximum atomic E-state index is 13.1. The molecule has 28 heavy (non-hydrogen) atoms. The van der Waals surface area contributed by atoms with E-state index < -0.39 is 0 Å². The van der Waals surface area contributed by atoms with E-state index in [4.69, 9.17) is 0 Å². The van der Waals surface area contributed by atoms with Crippen LogP contribution in [0.5, 0.6) is 0 Å². The minimum atomic E-state index is -0.227. The summed E-state index contributed by atoms with van der Waals surface area (Å²) in [7, 11) is 0. The number of carbonyl (C=O) groups is 2. The lowest BCUT2D eigenvalue weighted by Gasteiger charge is -2.38. The van der Waals surface area contributed by atoms with E-state index in [1.165, 1.54) is 6.42 Å². The van der Waals surface area contributed by atoms with E-state index in [0.29, 0.717) is 12.0 Å². The Hall–Kier alpha value is -1.79. The Morgan fingerprint density at radius 1 is 1.14 bits per heavy atom. The molecule has 0 radical (unpaired) electrons. The highest BCUT2D eigenvalue weighted by atomic mass is 35.5. The lowest BCUT2D eigenvalue weighted by atomic mass is 9.67. The van der Waals surface area contributed by atoms with Crippen LogP contribution in [-0.4, -0.2) is 31.1 Å². The second-order valence-corrected chi connectivity index (χ2v) is 8.42. The van der Waals surface area contributed by atoms with Gasteiger partial charge in [0.2, 0.25) is 5.91 Å². The van der Waals surface area contributed by atoms with Crippen molar-refractivity contribution in [2.45, 2.75) is 57.5 Å². The number of nitrogens with one attached hydrogen (secondary N) is 4. The largest absolute Gasteiger partial charge is 0.349 e. The van der Waals surface area contributed by atoms with Gasteiger partial charge in [-0.15, -0.1) is 12.4 Å². The first kappa shape index (κ1) is 20.9. The van der Waals surface area contributed by atoms with E-state index in [1.807, 2.05) is 31.2 Å². The molecule has 0 aromatic heterocycles. The van der Waals surface area contributed by atoms with E-state index >= 15 is 0 Å². The van der Waals surface area contributed by atoms with Crippen molar-refractivity contribution in [3.05, 3.63) is 29.8 Å². The SMILES string of the molecule is CC(NC(=O)[C@@]12CCCC[C@H]1CNC2)c1ccc(NC(=O)NC2CC2)cc1.Cl. The number of urea groups is 1. The minimum Gasteiger partial charge on any atom is -0.349 e. The molecule has 7 heteroatoms. The van der Waals surface area contributed by atoms with Crippen LogP contribution in [0.4, 0.5) is 10.5 Å². The molecule has 1 heterocycles. The molecule has 2 saturated carbocycles. The Morgan fingerprint density at radius 2 is 1.89 bits per heavy atom. The van der Waals surface area contributed by atoms with Gasteiger partial charge in [-0.1, -0.05) is 25.0 Å². The van der Waals surface area contributed by atoms with Gasteiger partial charge in [-0.3, -0.25) is 4.79 Å². The standard InChI is InChI=1S/C21H30N4O2.ClH/c1-14(23-19(26)21-11-3-2-4-16(21)12-22-13-21)15-5-7-17(8-6-15)24-20(27)25-18-9-10-18;/h5-8,14,16,18,22H,2-4,9-13H2,1H3,(H,23,26)(H2,24,25,27);1H/t14?,16-,21+;/m0./s1. The summed E-state index contributed by atoms with van der Waals surface area (Å²) < 4.78 is 0. The van der Waals surface area contributed by atoms with Crippen molar-refractivity contribution in [3.63, 3.8) is 0 Å². The van der Waals surface area contributed by atoms with E-state index in [9.17, 15) is 9.59 Å². The van der Waals surface area contributed by atoms with Crippen LogP contribution in [-0.2, 0) is 4.79 Å². The van der Waals surface area contributed by atoms with Crippen molar-refractivity contribution in [1.82, 2.24) is 16.0 Å². The predicted molar refractivity (Wildman–Crippen MR) is 113 cm³/mol. The number of hydrogen-bond acceptors (Lipinski definition) is 3. The van der Waals surface area contributed by atoms with Crippen LogP contribution < -0.4 is 21.3 Å². The van der Waals surface area contributed by atoms with Gasteiger partial charge in [-0.25, -0.2) is 4.79 Å². The van der Waals surface area contributed by atoms with Gasteiger partial charge in [-0.2, -0.15) is 0 Å². The van der Waals surface area contributed by atoms with Gasteiger partial charge in [0.05, 0.1) is 11.5 Å². The number of rotatable bonds is 5. The van der Waals surface area contributed by atoms with Gasteiger partial charge >= 0.3 is 6.03 Å². The van der Waals surface area contributed by atoms with Crippen molar-refractivity contribution in [2.24, 2.45) is 11.3 Å². The minimum absolute atomic E-state index is 0. The number of hydrogen-bond donors (Lipinski definition) is 4. The number of halogens is 1. The normalized spacial score (nSPS) is 27.1. The fourth-order valence-corrected chi connectivity index (χ4v) is 4.55. The van der Waals surface area contributed by atoms with Gasteiger partial charge in [0.1, 0.15) is 0 Å². The molecule has 3 aliphatic rings. The third-order valence-electron chi connectivity index (χ3n) is 6.42. The highest BCUT2D eigenvalue weighted by Gasteiger charge is 2.49. The van der Waals surface area contributed by atoms with Gasteiger partial charge in [0.15, 0.2) is 0 Å². The maximum Gasteiger partial charge on any atom is 0.319 e. The number of carbonyl (C=O) groups excluding carboxylic acids is 2. The van der Waals surface area contributed by atoms with Crippen LogP contribution >= 0.6 is 12.4 Å². The summed E-state index contributed by atoms with van der Waals surface area (Å²) in [6.45, 7) is 3.79. The molecular formula is C21H31ClN4O2. The zero-order chi connectivity index (χ0) is 18.9. The molecule has 3 atom stereocenters. The first-order valence-corrected chi connectivity index (χ1v) is 10.3. The van der Waals surface area contributed by atoms with Crippen molar-refractivity contribution >= 4 is 30.0 Å². The lowest BCUT2D eigenvalue weighted by molar-refractivity contribution is -0.134. The zero-order valence-electron chi connectivity index (χ0n) is 16.4. The first-order valence-electron chi connectivity index (χ1n) is 10.3. The Balaban J connectivity index is 0.00000225. The van der Waals surface area contributed by atoms with E-state index in [0.717, 1.165) is 56.4 Å². The second kappa shape index (κ2) is 8.70. The van der Waals surface area contributed by atoms with Crippen LogP contribution in [0.25, 0.3) is 0 Å². The molecule has 3 fully saturated rings. The summed E-state index contributed by atoms with van der Waals surface area (Å²) in [5.74, 6) is 0.658. The smallest absolute Gasteiger partial charge is 0.319 e. The quantitative estimate of drug-likeness (QED) is 0.605. The van der Waals surface area contributed by atoms with Crippen LogP contribution in [0.2, 0.25) is 0 Å². The molecule has 3 amide bonds. The molecule has 1 aromatic rings. The van der Waals surface area contributed by atoms with Gasteiger partial charge in [0.25, 0.3) is 0 Å². The van der Waals surface area contributed by atoms with Gasteiger partial charge in [-0.05, 0) is 62.8 Å². The van der Waals surface area contributed by atoms with E-state index in [2.05, 4.69) is 21.3 Å². The Kier molecular flexibility index (Phi) is 6.50. The highest BCUT2D eigenvalue weighted by Crippen LogP contribution is 2.44. The number of fused-ring (bicyclic) bond motifs is 1. The van der Waals surface area contributed by atoms with Crippen LogP contribution in [0.3, 0.4) is 0 Å². The average molecular weight is 407 g/mol. The Labute approximate surface area is 173 Å². The molecular weight excluding hydrogens is 376 g/mol. The topological polar surface area (TPSA) is 82.3 Å². The summed E-state index contributed by atoms with van der Waals surface area (Å²) in [5.41, 5.74) is 1.59. The zero-order valence-corrected chi connectivity index (χ0v) is 17.2. The molecule has 6 nitrogen and oxygen atoms in total. The molecule has 154 valence electrons. The van der Waals surface area contributed by atoms with Gasteiger partial charge in [0, 0.05) is 18.3 Å². The monoisotopic (exact) mass is 406 g/mol. The molecule has 1 saturated heterocycles. The summed E-state index contributed by atoms with van der Waals surface area (Å²) >= 11 is 0. The van der Waals surface area contributed by atoms with Crippen LogP contribution in [0, 0.1) is 11.3 Å². The molecule has 4 rings (SSSR count). The molecule has 1 unspecified atom stereocenters. The third kappa shape index (κ3) is 4.44.